The minimum Gasteiger partial charge on any atom is -0.493 e. The molecule has 39 heavy (non-hydrogen) atoms. The number of rotatable bonds is 11. The summed E-state index contributed by atoms with van der Waals surface area (Å²) in [6.45, 7) is 14.3. The van der Waals surface area contributed by atoms with Crippen LogP contribution in [0.4, 0.5) is 4.39 Å². The molecule has 2 aliphatic carbocycles. The van der Waals surface area contributed by atoms with Gasteiger partial charge in [0.15, 0.2) is 0 Å². The summed E-state index contributed by atoms with van der Waals surface area (Å²) < 4.78 is 22.3. The Labute approximate surface area is 239 Å². The fourth-order valence-corrected chi connectivity index (χ4v) is 7.59. The van der Waals surface area contributed by atoms with E-state index in [1.54, 1.807) is 0 Å². The monoisotopic (exact) mass is 534 g/mol. The zero-order chi connectivity index (χ0) is 28.0. The highest BCUT2D eigenvalue weighted by Gasteiger charge is 2.31. The number of benzene rings is 2. The lowest BCUT2D eigenvalue weighted by atomic mass is 9.68. The smallest absolute Gasteiger partial charge is 0.131 e. The summed E-state index contributed by atoms with van der Waals surface area (Å²) in [6, 6.07) is 10.5. The lowest BCUT2D eigenvalue weighted by Gasteiger charge is -2.37. The summed E-state index contributed by atoms with van der Waals surface area (Å²) in [5, 5.41) is 0. The Bertz CT molecular complexity index is 1040. The molecule has 216 valence electrons. The second-order valence-corrected chi connectivity index (χ2v) is 13.0. The molecule has 4 rings (SSSR count). The molecular formula is C37H55FO. The van der Waals surface area contributed by atoms with Crippen LogP contribution in [0.1, 0.15) is 135 Å². The lowest BCUT2D eigenvalue weighted by Crippen LogP contribution is -2.26. The van der Waals surface area contributed by atoms with E-state index in [9.17, 15) is 0 Å². The molecule has 0 saturated heterocycles. The molecule has 0 radical (unpaired) electrons. The highest BCUT2D eigenvalue weighted by molar-refractivity contribution is 5.71. The van der Waals surface area contributed by atoms with Gasteiger partial charge in [-0.1, -0.05) is 66.5 Å². The summed E-state index contributed by atoms with van der Waals surface area (Å²) in [4.78, 5) is 0. The van der Waals surface area contributed by atoms with E-state index in [-0.39, 0.29) is 11.2 Å². The Morgan fingerprint density at radius 3 is 1.85 bits per heavy atom. The summed E-state index contributed by atoms with van der Waals surface area (Å²) in [6.07, 6.45) is 15.9. The number of halogens is 1. The van der Waals surface area contributed by atoms with Gasteiger partial charge in [0.05, 0.1) is 6.61 Å². The number of ether oxygens (including phenoxy) is 1. The van der Waals surface area contributed by atoms with Crippen LogP contribution in [-0.2, 0) is 12.8 Å². The highest BCUT2D eigenvalue weighted by Crippen LogP contribution is 2.44. The van der Waals surface area contributed by atoms with Crippen molar-refractivity contribution >= 4 is 0 Å². The fraction of sp³-hybridized carbons (Fsp3) is 0.676. The van der Waals surface area contributed by atoms with E-state index in [0.29, 0.717) is 5.92 Å². The summed E-state index contributed by atoms with van der Waals surface area (Å²) in [5.74, 6) is 4.19. The molecule has 0 bridgehead atoms. The van der Waals surface area contributed by atoms with Gasteiger partial charge in [0.25, 0.3) is 0 Å². The van der Waals surface area contributed by atoms with Gasteiger partial charge in [0.1, 0.15) is 11.6 Å². The molecule has 0 N–H and O–H groups in total. The molecule has 2 aromatic carbocycles. The van der Waals surface area contributed by atoms with E-state index in [2.05, 4.69) is 65.8 Å². The van der Waals surface area contributed by atoms with Gasteiger partial charge in [0, 0.05) is 11.0 Å². The Morgan fingerprint density at radius 1 is 0.718 bits per heavy atom. The van der Waals surface area contributed by atoms with E-state index in [0.717, 1.165) is 73.3 Å². The van der Waals surface area contributed by atoms with Crippen molar-refractivity contribution in [3.05, 3.63) is 52.8 Å². The summed E-state index contributed by atoms with van der Waals surface area (Å²) >= 11 is 0. The number of hydrogen-bond acceptors (Lipinski definition) is 1. The molecule has 2 heteroatoms. The predicted molar refractivity (Wildman–Crippen MR) is 165 cm³/mol. The first kappa shape index (κ1) is 30.1. The van der Waals surface area contributed by atoms with Crippen molar-refractivity contribution in [2.45, 2.75) is 131 Å². The second kappa shape index (κ2) is 13.7. The molecule has 0 aromatic heterocycles. The van der Waals surface area contributed by atoms with Gasteiger partial charge < -0.3 is 4.74 Å². The van der Waals surface area contributed by atoms with E-state index in [4.69, 9.17) is 4.74 Å². The fourth-order valence-electron chi connectivity index (χ4n) is 7.59. The van der Waals surface area contributed by atoms with Gasteiger partial charge in [-0.3, -0.25) is 0 Å². The van der Waals surface area contributed by atoms with Crippen LogP contribution in [0.3, 0.4) is 0 Å². The maximum absolute atomic E-state index is 15.8. The predicted octanol–water partition coefficient (Wildman–Crippen LogP) is 11.3. The molecular weight excluding hydrogens is 479 g/mol. The maximum atomic E-state index is 15.8. The minimum atomic E-state index is -0.0664. The van der Waals surface area contributed by atoms with Gasteiger partial charge in [-0.05, 0) is 135 Å². The summed E-state index contributed by atoms with van der Waals surface area (Å²) in [5.41, 5.74) is 5.56. The Kier molecular flexibility index (Phi) is 10.6. The highest BCUT2D eigenvalue weighted by atomic mass is 19.1. The molecule has 0 amide bonds. The van der Waals surface area contributed by atoms with Gasteiger partial charge in [0.2, 0.25) is 0 Å². The van der Waals surface area contributed by atoms with Crippen molar-refractivity contribution in [3.8, 4) is 16.9 Å². The molecule has 0 aliphatic heterocycles. The molecule has 0 heterocycles. The van der Waals surface area contributed by atoms with Crippen LogP contribution in [-0.4, -0.2) is 6.61 Å². The normalized spacial score (nSPS) is 24.1. The quantitative estimate of drug-likeness (QED) is 0.278. The van der Waals surface area contributed by atoms with Crippen molar-refractivity contribution in [2.24, 2.45) is 23.2 Å². The van der Waals surface area contributed by atoms with Crippen LogP contribution < -0.4 is 4.74 Å². The van der Waals surface area contributed by atoms with E-state index in [1.807, 2.05) is 6.07 Å². The van der Waals surface area contributed by atoms with Gasteiger partial charge in [-0.2, -0.15) is 0 Å². The topological polar surface area (TPSA) is 9.23 Å². The Balaban J connectivity index is 1.49. The van der Waals surface area contributed by atoms with Crippen LogP contribution in [0, 0.1) is 29.0 Å². The zero-order valence-corrected chi connectivity index (χ0v) is 25.9. The van der Waals surface area contributed by atoms with Crippen LogP contribution in [0.5, 0.6) is 5.75 Å². The SMILES string of the molecule is CCc1cc(-c2ccc(C3CCC(C4CCC(C)CC4)CC3)cc2F)c(CC)cc1OCC(CC)(CC)CC. The first-order valence-corrected chi connectivity index (χ1v) is 16.4. The van der Waals surface area contributed by atoms with Crippen LogP contribution in [0.2, 0.25) is 0 Å². The molecule has 2 fully saturated rings. The number of hydrogen-bond donors (Lipinski definition) is 0. The number of aryl methyl sites for hydroxylation is 2. The van der Waals surface area contributed by atoms with Gasteiger partial charge >= 0.3 is 0 Å². The maximum Gasteiger partial charge on any atom is 0.131 e. The van der Waals surface area contributed by atoms with Crippen LogP contribution in [0.15, 0.2) is 30.3 Å². The van der Waals surface area contributed by atoms with E-state index in [1.165, 1.54) is 68.1 Å². The first-order valence-electron chi connectivity index (χ1n) is 16.4. The van der Waals surface area contributed by atoms with Crippen LogP contribution >= 0.6 is 0 Å². The van der Waals surface area contributed by atoms with Gasteiger partial charge in [-0.25, -0.2) is 4.39 Å². The van der Waals surface area contributed by atoms with Crippen molar-refractivity contribution in [2.75, 3.05) is 6.61 Å². The van der Waals surface area contributed by atoms with E-state index >= 15 is 4.39 Å². The molecule has 1 nitrogen and oxygen atoms in total. The minimum absolute atomic E-state index is 0.0664. The molecule has 2 saturated carbocycles. The Morgan fingerprint density at radius 2 is 1.31 bits per heavy atom. The third-order valence-corrected chi connectivity index (χ3v) is 11.1. The van der Waals surface area contributed by atoms with Crippen molar-refractivity contribution in [3.63, 3.8) is 0 Å². The molecule has 0 atom stereocenters. The van der Waals surface area contributed by atoms with Crippen molar-refractivity contribution in [1.29, 1.82) is 0 Å². The third kappa shape index (κ3) is 6.91. The van der Waals surface area contributed by atoms with Crippen LogP contribution in [0.25, 0.3) is 11.1 Å². The van der Waals surface area contributed by atoms with Gasteiger partial charge in [-0.15, -0.1) is 0 Å². The van der Waals surface area contributed by atoms with E-state index < -0.39 is 0 Å². The second-order valence-electron chi connectivity index (χ2n) is 13.0. The lowest BCUT2D eigenvalue weighted by molar-refractivity contribution is 0.127. The molecule has 2 aliphatic rings. The first-order chi connectivity index (χ1) is 18.9. The average Bonchev–Trinajstić information content (AvgIpc) is 2.98. The summed E-state index contributed by atoms with van der Waals surface area (Å²) in [7, 11) is 0. The van der Waals surface area contributed by atoms with Crippen molar-refractivity contribution < 1.29 is 9.13 Å². The Hall–Kier alpha value is -1.83. The zero-order valence-electron chi connectivity index (χ0n) is 25.9. The molecule has 2 aromatic rings. The molecule has 0 unspecified atom stereocenters. The van der Waals surface area contributed by atoms with Crippen molar-refractivity contribution in [1.82, 2.24) is 0 Å². The average molecular weight is 535 g/mol. The standard InChI is InChI=1S/C37H55FO/c1-7-27-24-36(39-25-37(9-3,10-4)11-5)28(8-2)22-34(27)33-21-20-32(23-35(33)38)31-18-16-30(17-19-31)29-14-12-26(6)13-15-29/h20-24,26,29-31H,7-19,25H2,1-6H3. The third-order valence-electron chi connectivity index (χ3n) is 11.1. The largest absolute Gasteiger partial charge is 0.493 e. The molecule has 0 spiro atoms.